The van der Waals surface area contributed by atoms with Crippen LogP contribution < -0.4 is 24.8 Å². The lowest BCUT2D eigenvalue weighted by atomic mass is 10.2. The van der Waals surface area contributed by atoms with E-state index in [2.05, 4.69) is 10.6 Å². The van der Waals surface area contributed by atoms with Gasteiger partial charge >= 0.3 is 0 Å². The van der Waals surface area contributed by atoms with Gasteiger partial charge in [0.15, 0.2) is 17.5 Å². The maximum absolute atomic E-state index is 10.9. The monoisotopic (exact) mass is 428 g/mol. The minimum Gasteiger partial charge on any atom is -0.493 e. The summed E-state index contributed by atoms with van der Waals surface area (Å²) in [6.07, 6.45) is 4.57. The Morgan fingerprint density at radius 3 is 2.19 bits per heavy atom. The number of methoxy groups -OCH3 is 3. The van der Waals surface area contributed by atoms with Crippen LogP contribution in [0.15, 0.2) is 41.4 Å². The van der Waals surface area contributed by atoms with Crippen molar-refractivity contribution in [2.24, 2.45) is 4.99 Å². The Balaban J connectivity index is 1.83. The topological polar surface area (TPSA) is 107 Å². The average molecular weight is 428 g/mol. The van der Waals surface area contributed by atoms with Gasteiger partial charge in [-0.3, -0.25) is 10.1 Å². The van der Waals surface area contributed by atoms with Crippen molar-refractivity contribution < 1.29 is 19.1 Å². The molecule has 0 unspecified atom stereocenters. The molecule has 0 heterocycles. The number of benzene rings is 2. The number of nitrogens with zero attached hydrogens (tertiary/aromatic N) is 2. The van der Waals surface area contributed by atoms with Crippen molar-refractivity contribution in [2.45, 2.75) is 38.3 Å². The van der Waals surface area contributed by atoms with Gasteiger partial charge in [0.25, 0.3) is 5.69 Å². The summed E-state index contributed by atoms with van der Waals surface area (Å²) in [4.78, 5) is 15.1. The van der Waals surface area contributed by atoms with Crippen molar-refractivity contribution in [3.8, 4) is 17.2 Å². The molecule has 0 aliphatic heterocycles. The first-order valence-electron chi connectivity index (χ1n) is 10.2. The van der Waals surface area contributed by atoms with Crippen LogP contribution in [-0.2, 0) is 6.54 Å². The largest absolute Gasteiger partial charge is 0.493 e. The third-order valence-corrected chi connectivity index (χ3v) is 5.19. The molecule has 2 aromatic rings. The molecule has 0 saturated heterocycles. The number of nitrogens with one attached hydrogen (secondary N) is 2. The van der Waals surface area contributed by atoms with Gasteiger partial charge in [-0.05, 0) is 18.4 Å². The molecule has 2 N–H and O–H groups in total. The van der Waals surface area contributed by atoms with E-state index in [-0.39, 0.29) is 5.69 Å². The summed E-state index contributed by atoms with van der Waals surface area (Å²) in [6, 6.07) is 10.4. The van der Waals surface area contributed by atoms with Gasteiger partial charge in [0.2, 0.25) is 5.75 Å². The van der Waals surface area contributed by atoms with E-state index in [0.29, 0.717) is 35.8 Å². The molecule has 0 atom stereocenters. The summed E-state index contributed by atoms with van der Waals surface area (Å²) in [5.74, 6) is 2.23. The Morgan fingerprint density at radius 2 is 1.68 bits per heavy atom. The number of ether oxygens (including phenoxy) is 3. The fourth-order valence-electron chi connectivity index (χ4n) is 3.57. The van der Waals surface area contributed by atoms with Gasteiger partial charge in [-0.25, -0.2) is 4.99 Å². The first kappa shape index (κ1) is 22.2. The summed E-state index contributed by atoms with van der Waals surface area (Å²) in [6.45, 7) is 0.379. The van der Waals surface area contributed by atoms with Crippen molar-refractivity contribution in [1.29, 1.82) is 0 Å². The smallest absolute Gasteiger partial charge is 0.269 e. The van der Waals surface area contributed by atoms with Crippen LogP contribution in [0.2, 0.25) is 0 Å². The second-order valence-electron chi connectivity index (χ2n) is 7.25. The number of rotatable bonds is 8. The fourth-order valence-corrected chi connectivity index (χ4v) is 3.57. The van der Waals surface area contributed by atoms with E-state index in [1.54, 1.807) is 33.5 Å². The fraction of sp³-hybridized carbons (Fsp3) is 0.409. The van der Waals surface area contributed by atoms with Crippen LogP contribution in [0.4, 0.5) is 11.4 Å². The van der Waals surface area contributed by atoms with E-state index in [0.717, 1.165) is 24.1 Å². The second-order valence-corrected chi connectivity index (χ2v) is 7.25. The van der Waals surface area contributed by atoms with Crippen molar-refractivity contribution in [3.05, 3.63) is 52.1 Å². The Morgan fingerprint density at radius 1 is 1.06 bits per heavy atom. The molecule has 0 aromatic heterocycles. The van der Waals surface area contributed by atoms with Crippen LogP contribution in [0.25, 0.3) is 0 Å². The van der Waals surface area contributed by atoms with E-state index < -0.39 is 4.92 Å². The van der Waals surface area contributed by atoms with Crippen LogP contribution in [0, 0.1) is 10.1 Å². The molecule has 0 radical (unpaired) electrons. The Kier molecular flexibility index (Phi) is 7.53. The molecular formula is C22H28N4O5. The summed E-state index contributed by atoms with van der Waals surface area (Å²) in [5.41, 5.74) is 1.68. The number of hydrogen-bond acceptors (Lipinski definition) is 6. The SMILES string of the molecule is COc1cc(NC(=NCc2ccc([N+](=O)[O-])cc2)NC2CCCC2)cc(OC)c1OC. The lowest BCUT2D eigenvalue weighted by Gasteiger charge is -2.19. The van der Waals surface area contributed by atoms with Crippen LogP contribution in [0.3, 0.4) is 0 Å². The van der Waals surface area contributed by atoms with E-state index in [1.807, 2.05) is 12.1 Å². The minimum atomic E-state index is -0.411. The quantitative estimate of drug-likeness (QED) is 0.282. The Bertz CT molecular complexity index is 899. The highest BCUT2D eigenvalue weighted by Gasteiger charge is 2.18. The molecule has 2 aromatic carbocycles. The highest BCUT2D eigenvalue weighted by atomic mass is 16.6. The molecular weight excluding hydrogens is 400 g/mol. The number of aliphatic imine (C=N–C) groups is 1. The van der Waals surface area contributed by atoms with Crippen LogP contribution in [-0.4, -0.2) is 38.3 Å². The van der Waals surface area contributed by atoms with Gasteiger partial charge in [-0.1, -0.05) is 25.0 Å². The number of hydrogen-bond donors (Lipinski definition) is 2. The Labute approximate surface area is 181 Å². The molecule has 166 valence electrons. The Hall–Kier alpha value is -3.49. The van der Waals surface area contributed by atoms with Crippen molar-refractivity contribution in [3.63, 3.8) is 0 Å². The second kappa shape index (κ2) is 10.5. The third kappa shape index (κ3) is 5.78. The molecule has 1 saturated carbocycles. The van der Waals surface area contributed by atoms with E-state index in [9.17, 15) is 10.1 Å². The number of nitro benzene ring substituents is 1. The molecule has 1 aliphatic rings. The normalized spacial score (nSPS) is 14.2. The molecule has 0 spiro atoms. The zero-order valence-corrected chi connectivity index (χ0v) is 18.0. The summed E-state index contributed by atoms with van der Waals surface area (Å²) >= 11 is 0. The number of nitro groups is 1. The van der Waals surface area contributed by atoms with Crippen molar-refractivity contribution in [1.82, 2.24) is 5.32 Å². The predicted octanol–water partition coefficient (Wildman–Crippen LogP) is 4.12. The summed E-state index contributed by atoms with van der Waals surface area (Å²) < 4.78 is 16.3. The zero-order valence-electron chi connectivity index (χ0n) is 18.0. The zero-order chi connectivity index (χ0) is 22.2. The molecule has 0 bridgehead atoms. The minimum absolute atomic E-state index is 0.0626. The number of anilines is 1. The van der Waals surface area contributed by atoms with Gasteiger partial charge in [0, 0.05) is 36.0 Å². The first-order chi connectivity index (χ1) is 15.0. The van der Waals surface area contributed by atoms with Gasteiger partial charge in [0.1, 0.15) is 0 Å². The highest BCUT2D eigenvalue weighted by molar-refractivity contribution is 5.94. The summed E-state index contributed by atoms with van der Waals surface area (Å²) in [7, 11) is 4.70. The maximum atomic E-state index is 10.9. The molecule has 0 amide bonds. The standard InChI is InChI=1S/C22H28N4O5/c1-29-19-12-17(13-20(30-2)21(19)31-3)25-22(24-16-6-4-5-7-16)23-14-15-8-10-18(11-9-15)26(27)28/h8-13,16H,4-7,14H2,1-3H3,(H2,23,24,25). The average Bonchev–Trinajstić information content (AvgIpc) is 3.30. The number of non-ortho nitro benzene ring substituents is 1. The first-order valence-corrected chi connectivity index (χ1v) is 10.2. The predicted molar refractivity (Wildman–Crippen MR) is 119 cm³/mol. The molecule has 9 heteroatoms. The highest BCUT2D eigenvalue weighted by Crippen LogP contribution is 2.39. The summed E-state index contributed by atoms with van der Waals surface area (Å²) in [5, 5.41) is 17.7. The molecule has 9 nitrogen and oxygen atoms in total. The van der Waals surface area contributed by atoms with E-state index in [4.69, 9.17) is 19.2 Å². The van der Waals surface area contributed by atoms with Crippen molar-refractivity contribution >= 4 is 17.3 Å². The van der Waals surface area contributed by atoms with Crippen LogP contribution >= 0.6 is 0 Å². The van der Waals surface area contributed by atoms with E-state index >= 15 is 0 Å². The molecule has 1 aliphatic carbocycles. The molecule has 31 heavy (non-hydrogen) atoms. The van der Waals surface area contributed by atoms with Gasteiger partial charge in [0.05, 0.1) is 32.8 Å². The van der Waals surface area contributed by atoms with Gasteiger partial charge in [-0.15, -0.1) is 0 Å². The maximum Gasteiger partial charge on any atom is 0.269 e. The van der Waals surface area contributed by atoms with Crippen molar-refractivity contribution in [2.75, 3.05) is 26.6 Å². The van der Waals surface area contributed by atoms with Gasteiger partial charge in [-0.2, -0.15) is 0 Å². The number of guanidine groups is 1. The molecule has 3 rings (SSSR count). The lowest BCUT2D eigenvalue weighted by molar-refractivity contribution is -0.384. The third-order valence-electron chi connectivity index (χ3n) is 5.19. The van der Waals surface area contributed by atoms with Gasteiger partial charge < -0.3 is 24.8 Å². The van der Waals surface area contributed by atoms with Crippen LogP contribution in [0.1, 0.15) is 31.2 Å². The molecule has 1 fully saturated rings. The lowest BCUT2D eigenvalue weighted by Crippen LogP contribution is -2.37. The van der Waals surface area contributed by atoms with E-state index in [1.165, 1.54) is 25.0 Å². The van der Waals surface area contributed by atoms with Crippen LogP contribution in [0.5, 0.6) is 17.2 Å².